The largest absolute Gasteiger partial charge is 0.494 e. The fraction of sp³-hybridized carbons (Fsp3) is 0.294. The molecule has 0 heterocycles. The van der Waals surface area contributed by atoms with Gasteiger partial charge in [-0.2, -0.15) is 0 Å². The van der Waals surface area contributed by atoms with E-state index in [-0.39, 0.29) is 11.9 Å². The lowest BCUT2D eigenvalue weighted by Gasteiger charge is -2.22. The second-order valence-electron chi connectivity index (χ2n) is 4.83. The van der Waals surface area contributed by atoms with Gasteiger partial charge in [-0.3, -0.25) is 0 Å². The molecular formula is C17H19BrFNO. The Kier molecular flexibility index (Phi) is 5.37. The quantitative estimate of drug-likeness (QED) is 0.849. The van der Waals surface area contributed by atoms with Gasteiger partial charge < -0.3 is 10.1 Å². The van der Waals surface area contributed by atoms with E-state index < -0.39 is 0 Å². The summed E-state index contributed by atoms with van der Waals surface area (Å²) in [7, 11) is 1.82. The van der Waals surface area contributed by atoms with Crippen LogP contribution in [0.3, 0.4) is 0 Å². The van der Waals surface area contributed by atoms with Crippen LogP contribution in [0.1, 0.15) is 29.7 Å². The molecule has 2 aromatic rings. The van der Waals surface area contributed by atoms with E-state index in [0.717, 1.165) is 21.3 Å². The normalized spacial score (nSPS) is 12.2. The summed E-state index contributed by atoms with van der Waals surface area (Å²) in [5.41, 5.74) is 2.64. The first-order chi connectivity index (χ1) is 10.1. The van der Waals surface area contributed by atoms with Crippen LogP contribution >= 0.6 is 15.9 Å². The summed E-state index contributed by atoms with van der Waals surface area (Å²) < 4.78 is 20.7. The molecule has 0 spiro atoms. The van der Waals surface area contributed by atoms with E-state index >= 15 is 0 Å². The molecule has 1 unspecified atom stereocenters. The number of benzene rings is 2. The van der Waals surface area contributed by atoms with Gasteiger partial charge in [0, 0.05) is 15.6 Å². The number of nitrogens with one attached hydrogen (secondary N) is 1. The van der Waals surface area contributed by atoms with E-state index in [1.165, 1.54) is 6.07 Å². The summed E-state index contributed by atoms with van der Waals surface area (Å²) >= 11 is 3.45. The molecule has 0 radical (unpaired) electrons. The highest BCUT2D eigenvalue weighted by molar-refractivity contribution is 9.10. The van der Waals surface area contributed by atoms with Gasteiger partial charge in [-0.1, -0.05) is 39.7 Å². The maximum Gasteiger partial charge on any atom is 0.129 e. The summed E-state index contributed by atoms with van der Waals surface area (Å²) in [4.78, 5) is 0. The highest BCUT2D eigenvalue weighted by Crippen LogP contribution is 2.35. The molecule has 0 aliphatic carbocycles. The third-order valence-electron chi connectivity index (χ3n) is 3.35. The van der Waals surface area contributed by atoms with Gasteiger partial charge in [0.25, 0.3) is 0 Å². The van der Waals surface area contributed by atoms with E-state index in [4.69, 9.17) is 4.74 Å². The van der Waals surface area contributed by atoms with Crippen molar-refractivity contribution in [2.24, 2.45) is 0 Å². The van der Waals surface area contributed by atoms with Gasteiger partial charge in [0.05, 0.1) is 12.6 Å². The van der Waals surface area contributed by atoms with Crippen molar-refractivity contribution in [1.82, 2.24) is 5.32 Å². The summed E-state index contributed by atoms with van der Waals surface area (Å²) in [6.07, 6.45) is 0. The monoisotopic (exact) mass is 351 g/mol. The van der Waals surface area contributed by atoms with Gasteiger partial charge in [-0.15, -0.1) is 0 Å². The fourth-order valence-electron chi connectivity index (χ4n) is 2.42. The maximum atomic E-state index is 14.3. The highest BCUT2D eigenvalue weighted by Gasteiger charge is 2.22. The second-order valence-corrected chi connectivity index (χ2v) is 5.69. The molecule has 0 saturated heterocycles. The van der Waals surface area contributed by atoms with Crippen molar-refractivity contribution >= 4 is 15.9 Å². The van der Waals surface area contributed by atoms with Crippen molar-refractivity contribution in [3.8, 4) is 5.75 Å². The third-order valence-corrected chi connectivity index (χ3v) is 4.04. The van der Waals surface area contributed by atoms with E-state index in [1.54, 1.807) is 6.07 Å². The molecule has 0 aliphatic heterocycles. The number of hydrogen-bond donors (Lipinski definition) is 1. The number of hydrogen-bond acceptors (Lipinski definition) is 2. The Labute approximate surface area is 133 Å². The Hall–Kier alpha value is -1.39. The van der Waals surface area contributed by atoms with Crippen molar-refractivity contribution in [1.29, 1.82) is 0 Å². The lowest BCUT2D eigenvalue weighted by atomic mass is 9.96. The molecule has 0 aliphatic rings. The molecule has 2 nitrogen and oxygen atoms in total. The van der Waals surface area contributed by atoms with Crippen LogP contribution < -0.4 is 10.1 Å². The first kappa shape index (κ1) is 16.0. The SMILES string of the molecule is CCOc1ccc(C)cc1C(NC)c1c(F)cccc1Br. The predicted octanol–water partition coefficient (Wildman–Crippen LogP) is 4.60. The molecule has 0 amide bonds. The highest BCUT2D eigenvalue weighted by atomic mass is 79.9. The molecule has 0 saturated carbocycles. The van der Waals surface area contributed by atoms with Crippen LogP contribution in [0.25, 0.3) is 0 Å². The molecular weight excluding hydrogens is 333 g/mol. The zero-order valence-electron chi connectivity index (χ0n) is 12.4. The van der Waals surface area contributed by atoms with Gasteiger partial charge >= 0.3 is 0 Å². The zero-order valence-corrected chi connectivity index (χ0v) is 14.0. The number of ether oxygens (including phenoxy) is 1. The zero-order chi connectivity index (χ0) is 15.4. The van der Waals surface area contributed by atoms with Crippen LogP contribution in [0.2, 0.25) is 0 Å². The third kappa shape index (κ3) is 3.44. The summed E-state index contributed by atoms with van der Waals surface area (Å²) in [6, 6.07) is 10.7. The fourth-order valence-corrected chi connectivity index (χ4v) is 2.99. The minimum atomic E-state index is -0.276. The topological polar surface area (TPSA) is 21.3 Å². The smallest absolute Gasteiger partial charge is 0.129 e. The second kappa shape index (κ2) is 7.05. The van der Waals surface area contributed by atoms with Crippen molar-refractivity contribution in [3.05, 3.63) is 63.4 Å². The Bertz CT molecular complexity index is 610. The minimum Gasteiger partial charge on any atom is -0.494 e. The summed E-state index contributed by atoms with van der Waals surface area (Å²) in [5, 5.41) is 3.19. The molecule has 1 atom stereocenters. The van der Waals surface area contributed by atoms with Crippen LogP contribution in [0.15, 0.2) is 40.9 Å². The number of halogens is 2. The standard InChI is InChI=1S/C17H19BrFNO/c1-4-21-15-9-8-11(2)10-12(15)17(20-3)16-13(18)6-5-7-14(16)19/h5-10,17,20H,4H2,1-3H3. The average molecular weight is 352 g/mol. The van der Waals surface area contributed by atoms with Gasteiger partial charge in [-0.25, -0.2) is 4.39 Å². The van der Waals surface area contributed by atoms with Gasteiger partial charge in [0.2, 0.25) is 0 Å². The van der Waals surface area contributed by atoms with E-state index in [0.29, 0.717) is 12.2 Å². The Balaban J connectivity index is 2.58. The molecule has 0 fully saturated rings. The molecule has 21 heavy (non-hydrogen) atoms. The van der Waals surface area contributed by atoms with Crippen molar-refractivity contribution < 1.29 is 9.13 Å². The van der Waals surface area contributed by atoms with Crippen molar-refractivity contribution in [3.63, 3.8) is 0 Å². The predicted molar refractivity (Wildman–Crippen MR) is 87.4 cm³/mol. The lowest BCUT2D eigenvalue weighted by Crippen LogP contribution is -2.20. The van der Waals surface area contributed by atoms with Crippen molar-refractivity contribution in [2.45, 2.75) is 19.9 Å². The number of rotatable bonds is 5. The van der Waals surface area contributed by atoms with Crippen LogP contribution in [0.5, 0.6) is 5.75 Å². The Morgan fingerprint density at radius 3 is 2.67 bits per heavy atom. The summed E-state index contributed by atoms with van der Waals surface area (Å²) in [5.74, 6) is 0.533. The molecule has 4 heteroatoms. The van der Waals surface area contributed by atoms with Gasteiger partial charge in [0.1, 0.15) is 11.6 Å². The Morgan fingerprint density at radius 1 is 1.29 bits per heavy atom. The van der Waals surface area contributed by atoms with Gasteiger partial charge in [-0.05, 0) is 39.1 Å². The lowest BCUT2D eigenvalue weighted by molar-refractivity contribution is 0.333. The Morgan fingerprint density at radius 2 is 2.05 bits per heavy atom. The molecule has 1 N–H and O–H groups in total. The van der Waals surface area contributed by atoms with Crippen molar-refractivity contribution in [2.75, 3.05) is 13.7 Å². The molecule has 0 bridgehead atoms. The molecule has 2 rings (SSSR count). The van der Waals surface area contributed by atoms with Gasteiger partial charge in [0.15, 0.2) is 0 Å². The van der Waals surface area contributed by atoms with E-state index in [2.05, 4.69) is 21.2 Å². The molecule has 2 aromatic carbocycles. The van der Waals surface area contributed by atoms with E-state index in [1.807, 2.05) is 45.2 Å². The van der Waals surface area contributed by atoms with Crippen LogP contribution in [0.4, 0.5) is 4.39 Å². The van der Waals surface area contributed by atoms with E-state index in [9.17, 15) is 4.39 Å². The average Bonchev–Trinajstić information content (AvgIpc) is 2.45. The summed E-state index contributed by atoms with van der Waals surface area (Å²) in [6.45, 7) is 4.53. The molecule has 112 valence electrons. The van der Waals surface area contributed by atoms with Crippen LogP contribution in [-0.4, -0.2) is 13.7 Å². The maximum absolute atomic E-state index is 14.3. The first-order valence-electron chi connectivity index (χ1n) is 6.93. The minimum absolute atomic E-state index is 0.243. The molecule has 0 aromatic heterocycles. The van der Waals surface area contributed by atoms with Crippen LogP contribution in [-0.2, 0) is 0 Å². The number of aryl methyl sites for hydroxylation is 1. The van der Waals surface area contributed by atoms with Crippen LogP contribution in [0, 0.1) is 12.7 Å². The first-order valence-corrected chi connectivity index (χ1v) is 7.72.